The highest BCUT2D eigenvalue weighted by molar-refractivity contribution is 6.33. The number of halogens is 3. The van der Waals surface area contributed by atoms with E-state index >= 15 is 0 Å². The fourth-order valence-electron chi connectivity index (χ4n) is 1.35. The molecule has 0 aliphatic rings. The molecule has 0 unspecified atom stereocenters. The summed E-state index contributed by atoms with van der Waals surface area (Å²) < 4.78 is 1.70. The van der Waals surface area contributed by atoms with Crippen LogP contribution in [0, 0.1) is 0 Å². The first-order valence-electron chi connectivity index (χ1n) is 4.57. The first-order chi connectivity index (χ1) is 7.70. The maximum Gasteiger partial charge on any atom is 0.142 e. The van der Waals surface area contributed by atoms with Crippen molar-refractivity contribution in [1.29, 1.82) is 0 Å². The van der Waals surface area contributed by atoms with Crippen molar-refractivity contribution >= 4 is 34.8 Å². The summed E-state index contributed by atoms with van der Waals surface area (Å²) in [6.07, 6.45) is 1.47. The van der Waals surface area contributed by atoms with E-state index in [9.17, 15) is 0 Å². The van der Waals surface area contributed by atoms with Gasteiger partial charge in [-0.2, -0.15) is 5.10 Å². The zero-order valence-corrected chi connectivity index (χ0v) is 10.5. The average molecular weight is 277 g/mol. The maximum absolute atomic E-state index is 6.06. The second-order valence-electron chi connectivity index (χ2n) is 3.20. The van der Waals surface area contributed by atoms with Crippen LogP contribution in [0.5, 0.6) is 0 Å². The monoisotopic (exact) mass is 275 g/mol. The SMILES string of the molecule is ClCc1ncnn1Cc1cc(Cl)ccc1Cl. The van der Waals surface area contributed by atoms with Crippen molar-refractivity contribution in [2.45, 2.75) is 12.4 Å². The Morgan fingerprint density at radius 3 is 2.81 bits per heavy atom. The molecule has 0 spiro atoms. The molecule has 0 N–H and O–H groups in total. The van der Waals surface area contributed by atoms with Crippen molar-refractivity contribution in [2.24, 2.45) is 0 Å². The van der Waals surface area contributed by atoms with Gasteiger partial charge in [-0.05, 0) is 23.8 Å². The van der Waals surface area contributed by atoms with Gasteiger partial charge in [0.15, 0.2) is 0 Å². The smallest absolute Gasteiger partial charge is 0.142 e. The second kappa shape index (κ2) is 5.04. The Labute approximate surface area is 108 Å². The summed E-state index contributed by atoms with van der Waals surface area (Å²) in [5.74, 6) is 1.02. The van der Waals surface area contributed by atoms with E-state index in [-0.39, 0.29) is 0 Å². The minimum atomic E-state index is 0.318. The Kier molecular flexibility index (Phi) is 3.69. The first-order valence-corrected chi connectivity index (χ1v) is 5.86. The largest absolute Gasteiger partial charge is 0.244 e. The Hall–Kier alpha value is -0.770. The molecular formula is C10H8Cl3N3. The molecule has 84 valence electrons. The highest BCUT2D eigenvalue weighted by Gasteiger charge is 2.07. The number of hydrogen-bond donors (Lipinski definition) is 0. The van der Waals surface area contributed by atoms with Crippen LogP contribution in [0.25, 0.3) is 0 Å². The van der Waals surface area contributed by atoms with Crippen LogP contribution in [0.3, 0.4) is 0 Å². The lowest BCUT2D eigenvalue weighted by Crippen LogP contribution is -2.06. The number of rotatable bonds is 3. The molecule has 6 heteroatoms. The third-order valence-corrected chi connectivity index (χ3v) is 2.99. The van der Waals surface area contributed by atoms with E-state index in [0.29, 0.717) is 28.3 Å². The van der Waals surface area contributed by atoms with Gasteiger partial charge in [-0.15, -0.1) is 11.6 Å². The van der Waals surface area contributed by atoms with E-state index in [0.717, 1.165) is 5.56 Å². The van der Waals surface area contributed by atoms with Crippen molar-refractivity contribution in [3.63, 3.8) is 0 Å². The lowest BCUT2D eigenvalue weighted by molar-refractivity contribution is 0.656. The van der Waals surface area contributed by atoms with Crippen LogP contribution >= 0.6 is 34.8 Å². The number of nitrogens with zero attached hydrogens (tertiary/aromatic N) is 3. The van der Waals surface area contributed by atoms with E-state index in [1.165, 1.54) is 6.33 Å². The summed E-state index contributed by atoms with van der Waals surface area (Å²) in [5.41, 5.74) is 0.894. The number of alkyl halides is 1. The molecule has 0 aliphatic carbocycles. The van der Waals surface area contributed by atoms with E-state index < -0.39 is 0 Å². The van der Waals surface area contributed by atoms with Gasteiger partial charge in [0.1, 0.15) is 12.2 Å². The van der Waals surface area contributed by atoms with Gasteiger partial charge in [0.05, 0.1) is 12.4 Å². The molecule has 0 saturated heterocycles. The third-order valence-electron chi connectivity index (χ3n) is 2.14. The molecule has 2 rings (SSSR count). The highest BCUT2D eigenvalue weighted by atomic mass is 35.5. The molecule has 3 nitrogen and oxygen atoms in total. The average Bonchev–Trinajstić information content (AvgIpc) is 2.71. The van der Waals surface area contributed by atoms with Crippen LogP contribution in [0.15, 0.2) is 24.5 Å². The predicted molar refractivity (Wildman–Crippen MR) is 65.1 cm³/mol. The predicted octanol–water partition coefficient (Wildman–Crippen LogP) is 3.37. The third kappa shape index (κ3) is 2.48. The van der Waals surface area contributed by atoms with Gasteiger partial charge >= 0.3 is 0 Å². The van der Waals surface area contributed by atoms with E-state index in [4.69, 9.17) is 34.8 Å². The summed E-state index contributed by atoms with van der Waals surface area (Å²) in [5, 5.41) is 5.37. The Morgan fingerprint density at radius 2 is 2.06 bits per heavy atom. The second-order valence-corrected chi connectivity index (χ2v) is 4.31. The highest BCUT2D eigenvalue weighted by Crippen LogP contribution is 2.21. The van der Waals surface area contributed by atoms with Crippen molar-refractivity contribution < 1.29 is 0 Å². The Balaban J connectivity index is 2.30. The molecule has 0 bridgehead atoms. The van der Waals surface area contributed by atoms with Crippen LogP contribution in [-0.2, 0) is 12.4 Å². The summed E-state index contributed by atoms with van der Waals surface area (Å²) in [4.78, 5) is 4.03. The van der Waals surface area contributed by atoms with Crippen LogP contribution in [0.2, 0.25) is 10.0 Å². The molecule has 0 saturated carbocycles. The molecule has 1 aromatic carbocycles. The fraction of sp³-hybridized carbons (Fsp3) is 0.200. The molecule has 1 aromatic heterocycles. The minimum Gasteiger partial charge on any atom is -0.244 e. The normalized spacial score (nSPS) is 10.7. The summed E-state index contributed by atoms with van der Waals surface area (Å²) in [6.45, 7) is 0.515. The van der Waals surface area contributed by atoms with Gasteiger partial charge < -0.3 is 0 Å². The van der Waals surface area contributed by atoms with Gasteiger partial charge in [-0.3, -0.25) is 0 Å². The minimum absolute atomic E-state index is 0.318. The molecule has 16 heavy (non-hydrogen) atoms. The van der Waals surface area contributed by atoms with Crippen LogP contribution in [0.4, 0.5) is 0 Å². The molecule has 0 amide bonds. The number of hydrogen-bond acceptors (Lipinski definition) is 2. The van der Waals surface area contributed by atoms with Gasteiger partial charge in [0.2, 0.25) is 0 Å². The van der Waals surface area contributed by atoms with Crippen molar-refractivity contribution in [2.75, 3.05) is 0 Å². The fourth-order valence-corrected chi connectivity index (χ4v) is 1.93. The van der Waals surface area contributed by atoms with Crippen molar-refractivity contribution in [3.05, 3.63) is 46.0 Å². The van der Waals surface area contributed by atoms with Crippen LogP contribution < -0.4 is 0 Å². The standard InChI is InChI=1S/C10H8Cl3N3/c11-4-10-14-6-15-16(10)5-7-3-8(12)1-2-9(7)13/h1-3,6H,4-5H2. The Morgan fingerprint density at radius 1 is 1.25 bits per heavy atom. The zero-order valence-electron chi connectivity index (χ0n) is 8.20. The van der Waals surface area contributed by atoms with E-state index in [1.807, 2.05) is 6.07 Å². The first kappa shape index (κ1) is 11.7. The van der Waals surface area contributed by atoms with E-state index in [2.05, 4.69) is 10.1 Å². The Bertz CT molecular complexity index is 496. The molecule has 0 fully saturated rings. The topological polar surface area (TPSA) is 30.7 Å². The van der Waals surface area contributed by atoms with Gasteiger partial charge in [-0.25, -0.2) is 9.67 Å². The summed E-state index contributed by atoms with van der Waals surface area (Å²) in [7, 11) is 0. The van der Waals surface area contributed by atoms with Crippen LogP contribution in [0.1, 0.15) is 11.4 Å². The molecule has 0 radical (unpaired) electrons. The summed E-state index contributed by atoms with van der Waals surface area (Å²) in [6, 6.07) is 5.32. The molecular weight excluding hydrogens is 268 g/mol. The number of benzene rings is 1. The van der Waals surface area contributed by atoms with E-state index in [1.54, 1.807) is 16.8 Å². The molecule has 2 aromatic rings. The van der Waals surface area contributed by atoms with Crippen molar-refractivity contribution in [3.8, 4) is 0 Å². The summed E-state index contributed by atoms with van der Waals surface area (Å²) >= 11 is 17.7. The number of aromatic nitrogens is 3. The molecule has 1 heterocycles. The lowest BCUT2D eigenvalue weighted by Gasteiger charge is -2.06. The van der Waals surface area contributed by atoms with Gasteiger partial charge in [0.25, 0.3) is 0 Å². The van der Waals surface area contributed by atoms with Gasteiger partial charge in [0, 0.05) is 10.0 Å². The quantitative estimate of drug-likeness (QED) is 0.805. The zero-order chi connectivity index (χ0) is 11.5. The van der Waals surface area contributed by atoms with Gasteiger partial charge in [-0.1, -0.05) is 23.2 Å². The lowest BCUT2D eigenvalue weighted by atomic mass is 10.2. The van der Waals surface area contributed by atoms with Crippen LogP contribution in [-0.4, -0.2) is 14.8 Å². The molecule has 0 aliphatic heterocycles. The van der Waals surface area contributed by atoms with Crippen molar-refractivity contribution in [1.82, 2.24) is 14.8 Å². The molecule has 0 atom stereocenters. The maximum atomic E-state index is 6.06.